The van der Waals surface area contributed by atoms with Gasteiger partial charge in [0.15, 0.2) is 0 Å². The van der Waals surface area contributed by atoms with Gasteiger partial charge in [-0.15, -0.1) is 0 Å². The number of amides is 1. The lowest BCUT2D eigenvalue weighted by atomic mass is 10.1. The molecular formula is C16H21N3O. The van der Waals surface area contributed by atoms with E-state index < -0.39 is 0 Å². The summed E-state index contributed by atoms with van der Waals surface area (Å²) in [6.07, 6.45) is 0.564. The molecule has 0 spiro atoms. The number of hydrogen-bond acceptors (Lipinski definition) is 2. The summed E-state index contributed by atoms with van der Waals surface area (Å²) in [4.78, 5) is 18.9. The van der Waals surface area contributed by atoms with Crippen LogP contribution in [-0.4, -0.2) is 32.4 Å². The van der Waals surface area contributed by atoms with Crippen LogP contribution in [0.2, 0.25) is 0 Å². The van der Waals surface area contributed by atoms with Gasteiger partial charge in [-0.25, -0.2) is 4.98 Å². The van der Waals surface area contributed by atoms with Crippen molar-refractivity contribution in [3.63, 3.8) is 0 Å². The molecule has 0 bridgehead atoms. The van der Waals surface area contributed by atoms with Gasteiger partial charge in [-0.1, -0.05) is 12.1 Å². The van der Waals surface area contributed by atoms with Gasteiger partial charge in [0.1, 0.15) is 5.82 Å². The standard InChI is InChI=1S/C16H21N3O/c1-16(2,3)19-10-11(9-14(19)20)15-17-12-7-5-6-8-13(12)18(15)4/h5-8,11H,9-10H2,1-4H3/t11-/m1/s1. The van der Waals surface area contributed by atoms with E-state index in [-0.39, 0.29) is 17.4 Å². The lowest BCUT2D eigenvalue weighted by molar-refractivity contribution is -0.131. The number of carbonyl (C=O) groups excluding carboxylic acids is 1. The Labute approximate surface area is 119 Å². The number of carbonyl (C=O) groups is 1. The fourth-order valence-electron chi connectivity index (χ4n) is 3.06. The van der Waals surface area contributed by atoms with Crippen molar-refractivity contribution in [1.29, 1.82) is 0 Å². The van der Waals surface area contributed by atoms with E-state index in [4.69, 9.17) is 4.98 Å². The van der Waals surface area contributed by atoms with Gasteiger partial charge in [0, 0.05) is 31.5 Å². The monoisotopic (exact) mass is 271 g/mol. The molecule has 2 heterocycles. The Morgan fingerprint density at radius 3 is 2.55 bits per heavy atom. The molecule has 0 saturated carbocycles. The van der Waals surface area contributed by atoms with Gasteiger partial charge in [0.25, 0.3) is 0 Å². The zero-order valence-corrected chi connectivity index (χ0v) is 12.6. The largest absolute Gasteiger partial charge is 0.337 e. The minimum absolute atomic E-state index is 0.115. The van der Waals surface area contributed by atoms with Crippen molar-refractivity contribution >= 4 is 16.9 Å². The van der Waals surface area contributed by atoms with E-state index in [0.717, 1.165) is 23.4 Å². The summed E-state index contributed by atoms with van der Waals surface area (Å²) in [5, 5.41) is 0. The van der Waals surface area contributed by atoms with Crippen molar-refractivity contribution in [2.75, 3.05) is 6.54 Å². The second-order valence-electron chi connectivity index (χ2n) is 6.59. The normalized spacial score (nSPS) is 20.1. The third-order valence-corrected chi connectivity index (χ3v) is 4.12. The first-order valence-corrected chi connectivity index (χ1v) is 7.10. The molecule has 0 aliphatic carbocycles. The average Bonchev–Trinajstić information content (AvgIpc) is 2.91. The quantitative estimate of drug-likeness (QED) is 0.800. The van der Waals surface area contributed by atoms with Crippen LogP contribution >= 0.6 is 0 Å². The maximum Gasteiger partial charge on any atom is 0.223 e. The zero-order chi connectivity index (χ0) is 14.5. The molecule has 1 amide bonds. The second-order valence-corrected chi connectivity index (χ2v) is 6.59. The molecule has 1 aliphatic heterocycles. The van der Waals surface area contributed by atoms with Crippen LogP contribution in [0, 0.1) is 0 Å². The number of nitrogens with zero attached hydrogens (tertiary/aromatic N) is 3. The first-order valence-electron chi connectivity index (χ1n) is 7.10. The van der Waals surface area contributed by atoms with Crippen molar-refractivity contribution in [2.24, 2.45) is 7.05 Å². The van der Waals surface area contributed by atoms with E-state index in [1.165, 1.54) is 0 Å². The molecule has 3 rings (SSSR count). The van der Waals surface area contributed by atoms with Crippen molar-refractivity contribution in [3.8, 4) is 0 Å². The number of rotatable bonds is 1. The van der Waals surface area contributed by atoms with Crippen LogP contribution in [0.4, 0.5) is 0 Å². The molecule has 1 fully saturated rings. The molecule has 1 aromatic carbocycles. The van der Waals surface area contributed by atoms with Gasteiger partial charge in [-0.05, 0) is 32.9 Å². The number of aryl methyl sites for hydroxylation is 1. The van der Waals surface area contributed by atoms with E-state index in [9.17, 15) is 4.79 Å². The van der Waals surface area contributed by atoms with E-state index >= 15 is 0 Å². The number of benzene rings is 1. The molecule has 2 aromatic rings. The number of aromatic nitrogens is 2. The number of fused-ring (bicyclic) bond motifs is 1. The van der Waals surface area contributed by atoms with Crippen LogP contribution in [0.5, 0.6) is 0 Å². The summed E-state index contributed by atoms with van der Waals surface area (Å²) in [6, 6.07) is 8.12. The minimum Gasteiger partial charge on any atom is -0.337 e. The Balaban J connectivity index is 1.97. The number of imidazole rings is 1. The molecule has 4 heteroatoms. The van der Waals surface area contributed by atoms with Crippen LogP contribution in [0.15, 0.2) is 24.3 Å². The summed E-state index contributed by atoms with van der Waals surface area (Å²) in [5.74, 6) is 1.44. The maximum absolute atomic E-state index is 12.2. The van der Waals surface area contributed by atoms with Gasteiger partial charge in [0.05, 0.1) is 11.0 Å². The van der Waals surface area contributed by atoms with E-state index in [0.29, 0.717) is 6.42 Å². The number of hydrogen-bond donors (Lipinski definition) is 0. The van der Waals surface area contributed by atoms with Crippen molar-refractivity contribution in [1.82, 2.24) is 14.5 Å². The smallest absolute Gasteiger partial charge is 0.223 e. The first kappa shape index (κ1) is 13.2. The fourth-order valence-corrected chi connectivity index (χ4v) is 3.06. The Morgan fingerprint density at radius 1 is 1.25 bits per heavy atom. The molecule has 20 heavy (non-hydrogen) atoms. The number of para-hydroxylation sites is 2. The third-order valence-electron chi connectivity index (χ3n) is 4.12. The molecule has 0 N–H and O–H groups in total. The van der Waals surface area contributed by atoms with Gasteiger partial charge in [-0.2, -0.15) is 0 Å². The molecule has 0 unspecified atom stereocenters. The highest BCUT2D eigenvalue weighted by atomic mass is 16.2. The molecule has 1 atom stereocenters. The highest BCUT2D eigenvalue weighted by molar-refractivity contribution is 5.81. The Morgan fingerprint density at radius 2 is 1.95 bits per heavy atom. The fraction of sp³-hybridized carbons (Fsp3) is 0.500. The first-order chi connectivity index (χ1) is 9.38. The average molecular weight is 271 g/mol. The molecular weight excluding hydrogens is 250 g/mol. The molecule has 4 nitrogen and oxygen atoms in total. The van der Waals surface area contributed by atoms with Crippen molar-refractivity contribution in [2.45, 2.75) is 38.6 Å². The van der Waals surface area contributed by atoms with Crippen molar-refractivity contribution in [3.05, 3.63) is 30.1 Å². The van der Waals surface area contributed by atoms with Gasteiger partial charge in [-0.3, -0.25) is 4.79 Å². The zero-order valence-electron chi connectivity index (χ0n) is 12.6. The predicted molar refractivity (Wildman–Crippen MR) is 79.5 cm³/mol. The van der Waals surface area contributed by atoms with Gasteiger partial charge in [0.2, 0.25) is 5.91 Å². The summed E-state index contributed by atoms with van der Waals surface area (Å²) < 4.78 is 2.12. The van der Waals surface area contributed by atoms with Gasteiger partial charge < -0.3 is 9.47 Å². The maximum atomic E-state index is 12.2. The lowest BCUT2D eigenvalue weighted by Crippen LogP contribution is -2.42. The Kier molecular flexibility index (Phi) is 2.85. The summed E-state index contributed by atoms with van der Waals surface area (Å²) in [7, 11) is 2.04. The predicted octanol–water partition coefficient (Wildman–Crippen LogP) is 2.69. The minimum atomic E-state index is -0.115. The second kappa shape index (κ2) is 4.33. The summed E-state index contributed by atoms with van der Waals surface area (Å²) in [5.41, 5.74) is 2.02. The van der Waals surface area contributed by atoms with E-state index in [1.54, 1.807) is 0 Å². The number of likely N-dealkylation sites (tertiary alicyclic amines) is 1. The van der Waals surface area contributed by atoms with E-state index in [1.807, 2.05) is 30.1 Å². The Hall–Kier alpha value is -1.84. The molecule has 106 valence electrons. The molecule has 1 aromatic heterocycles. The molecule has 0 radical (unpaired) electrons. The van der Waals surface area contributed by atoms with Crippen LogP contribution in [0.3, 0.4) is 0 Å². The molecule has 1 saturated heterocycles. The summed E-state index contributed by atoms with van der Waals surface area (Å²) in [6.45, 7) is 7.02. The van der Waals surface area contributed by atoms with Crippen LogP contribution in [0.25, 0.3) is 11.0 Å². The lowest BCUT2D eigenvalue weighted by Gasteiger charge is -2.32. The third kappa shape index (κ3) is 1.99. The highest BCUT2D eigenvalue weighted by Gasteiger charge is 2.38. The van der Waals surface area contributed by atoms with Crippen molar-refractivity contribution < 1.29 is 4.79 Å². The van der Waals surface area contributed by atoms with Gasteiger partial charge >= 0.3 is 0 Å². The highest BCUT2D eigenvalue weighted by Crippen LogP contribution is 2.33. The topological polar surface area (TPSA) is 38.1 Å². The SMILES string of the molecule is Cn1c([C@@H]2CC(=O)N(C(C)(C)C)C2)nc2ccccc21. The summed E-state index contributed by atoms with van der Waals surface area (Å²) >= 11 is 0. The van der Waals surface area contributed by atoms with Crippen LogP contribution < -0.4 is 0 Å². The van der Waals surface area contributed by atoms with Crippen LogP contribution in [-0.2, 0) is 11.8 Å². The molecule has 1 aliphatic rings. The van der Waals surface area contributed by atoms with Crippen LogP contribution in [0.1, 0.15) is 38.9 Å². The van der Waals surface area contributed by atoms with E-state index in [2.05, 4.69) is 31.4 Å². The Bertz CT molecular complexity index is 666.